The van der Waals surface area contributed by atoms with Crippen molar-refractivity contribution in [3.8, 4) is 5.75 Å². The molecule has 0 aliphatic heterocycles. The highest BCUT2D eigenvalue weighted by Crippen LogP contribution is 2.16. The summed E-state index contributed by atoms with van der Waals surface area (Å²) in [6.45, 7) is 5.20. The molecule has 0 saturated carbocycles. The number of para-hydroxylation sites is 1. The molecular formula is C16H18ClNO2. The number of hydrogen-bond donors (Lipinski definition) is 0. The summed E-state index contributed by atoms with van der Waals surface area (Å²) in [5.41, 5.74) is 2.70. The molecule has 2 rings (SSSR count). The fourth-order valence-electron chi connectivity index (χ4n) is 2.27. The van der Waals surface area contributed by atoms with Gasteiger partial charge in [-0.1, -0.05) is 18.2 Å². The predicted molar refractivity (Wildman–Crippen MR) is 80.9 cm³/mol. The average molecular weight is 292 g/mol. The van der Waals surface area contributed by atoms with Crippen LogP contribution >= 0.6 is 11.6 Å². The number of Topliss-reactive ketones (excluding diaryl/α,β-unsaturated/α-hetero) is 1. The molecule has 0 aliphatic rings. The Balaban J connectivity index is 2.03. The van der Waals surface area contributed by atoms with Crippen LogP contribution in [0.15, 0.2) is 36.4 Å². The maximum Gasteiger partial charge on any atom is 0.179 e. The van der Waals surface area contributed by atoms with E-state index in [0.29, 0.717) is 18.7 Å². The standard InChI is InChI=1S/C16H18ClNO2/c1-12-10-15(16(19)11-17)13(2)18(12)8-9-20-14-6-4-3-5-7-14/h3-7,10H,8-9,11H2,1-2H3. The second-order valence-corrected chi connectivity index (χ2v) is 4.92. The molecule has 3 nitrogen and oxygen atoms in total. The Morgan fingerprint density at radius 2 is 1.95 bits per heavy atom. The zero-order valence-electron chi connectivity index (χ0n) is 11.7. The number of hydrogen-bond acceptors (Lipinski definition) is 2. The van der Waals surface area contributed by atoms with E-state index in [1.807, 2.05) is 50.2 Å². The van der Waals surface area contributed by atoms with Crippen LogP contribution in [0.2, 0.25) is 0 Å². The molecule has 0 saturated heterocycles. The molecule has 0 amide bonds. The summed E-state index contributed by atoms with van der Waals surface area (Å²) in [5, 5.41) is 0. The second kappa shape index (κ2) is 6.62. The monoisotopic (exact) mass is 291 g/mol. The molecule has 2 aromatic rings. The lowest BCUT2D eigenvalue weighted by Gasteiger charge is -2.11. The van der Waals surface area contributed by atoms with Gasteiger partial charge in [0.2, 0.25) is 0 Å². The van der Waals surface area contributed by atoms with Gasteiger partial charge in [0.1, 0.15) is 12.4 Å². The molecule has 4 heteroatoms. The van der Waals surface area contributed by atoms with Gasteiger partial charge < -0.3 is 9.30 Å². The van der Waals surface area contributed by atoms with Crippen LogP contribution in [0.3, 0.4) is 0 Å². The van der Waals surface area contributed by atoms with Crippen LogP contribution in [0.25, 0.3) is 0 Å². The van der Waals surface area contributed by atoms with Crippen LogP contribution in [0.1, 0.15) is 21.7 Å². The molecule has 106 valence electrons. The Morgan fingerprint density at radius 3 is 2.60 bits per heavy atom. The van der Waals surface area contributed by atoms with Gasteiger partial charge in [-0.25, -0.2) is 0 Å². The van der Waals surface area contributed by atoms with E-state index >= 15 is 0 Å². The van der Waals surface area contributed by atoms with Gasteiger partial charge in [0.25, 0.3) is 0 Å². The highest BCUT2D eigenvalue weighted by Gasteiger charge is 2.14. The van der Waals surface area contributed by atoms with Crippen LogP contribution in [-0.2, 0) is 6.54 Å². The molecule has 1 aromatic heterocycles. The Hall–Kier alpha value is -1.74. The van der Waals surface area contributed by atoms with E-state index in [4.69, 9.17) is 16.3 Å². The summed E-state index contributed by atoms with van der Waals surface area (Å²) in [5.74, 6) is 0.840. The number of ketones is 1. The molecule has 0 spiro atoms. The van der Waals surface area contributed by atoms with Gasteiger partial charge in [0, 0.05) is 17.0 Å². The molecule has 0 unspecified atom stereocenters. The van der Waals surface area contributed by atoms with E-state index in [1.165, 1.54) is 0 Å². The Bertz CT molecular complexity index is 590. The maximum atomic E-state index is 11.7. The van der Waals surface area contributed by atoms with Gasteiger partial charge in [-0.3, -0.25) is 4.79 Å². The smallest absolute Gasteiger partial charge is 0.179 e. The SMILES string of the molecule is Cc1cc(C(=O)CCl)c(C)n1CCOc1ccccc1. The lowest BCUT2D eigenvalue weighted by molar-refractivity contribution is 0.102. The van der Waals surface area contributed by atoms with Crippen LogP contribution in [0, 0.1) is 13.8 Å². The molecule has 0 radical (unpaired) electrons. The average Bonchev–Trinajstić information content (AvgIpc) is 2.75. The Labute approximate surface area is 124 Å². The van der Waals surface area contributed by atoms with Crippen LogP contribution < -0.4 is 4.74 Å². The molecular weight excluding hydrogens is 274 g/mol. The van der Waals surface area contributed by atoms with Crippen molar-refractivity contribution in [1.29, 1.82) is 0 Å². The molecule has 0 atom stereocenters. The van der Waals surface area contributed by atoms with Crippen LogP contribution in [-0.4, -0.2) is 22.8 Å². The van der Waals surface area contributed by atoms with Crippen molar-refractivity contribution in [2.75, 3.05) is 12.5 Å². The van der Waals surface area contributed by atoms with Crippen molar-refractivity contribution < 1.29 is 9.53 Å². The van der Waals surface area contributed by atoms with Crippen LogP contribution in [0.5, 0.6) is 5.75 Å². The third-order valence-electron chi connectivity index (χ3n) is 3.32. The highest BCUT2D eigenvalue weighted by atomic mass is 35.5. The molecule has 1 heterocycles. The lowest BCUT2D eigenvalue weighted by atomic mass is 10.2. The van der Waals surface area contributed by atoms with E-state index in [9.17, 15) is 4.79 Å². The van der Waals surface area contributed by atoms with Crippen molar-refractivity contribution in [2.24, 2.45) is 0 Å². The van der Waals surface area contributed by atoms with Crippen molar-refractivity contribution in [3.63, 3.8) is 0 Å². The van der Waals surface area contributed by atoms with E-state index < -0.39 is 0 Å². The third kappa shape index (κ3) is 3.23. The number of aryl methyl sites for hydroxylation is 1. The van der Waals surface area contributed by atoms with Crippen molar-refractivity contribution in [2.45, 2.75) is 20.4 Å². The topological polar surface area (TPSA) is 31.2 Å². The number of benzene rings is 1. The maximum absolute atomic E-state index is 11.7. The van der Waals surface area contributed by atoms with E-state index in [-0.39, 0.29) is 11.7 Å². The van der Waals surface area contributed by atoms with E-state index in [0.717, 1.165) is 17.1 Å². The summed E-state index contributed by atoms with van der Waals surface area (Å²) >= 11 is 5.62. The fraction of sp³-hybridized carbons (Fsp3) is 0.312. The van der Waals surface area contributed by atoms with Crippen molar-refractivity contribution >= 4 is 17.4 Å². The molecule has 1 aromatic carbocycles. The first kappa shape index (κ1) is 14.7. The number of carbonyl (C=O) groups excluding carboxylic acids is 1. The summed E-state index contributed by atoms with van der Waals surface area (Å²) in [4.78, 5) is 11.7. The van der Waals surface area contributed by atoms with Gasteiger partial charge in [-0.15, -0.1) is 11.6 Å². The number of ether oxygens (including phenoxy) is 1. The fourth-order valence-corrected chi connectivity index (χ4v) is 2.41. The first-order valence-electron chi connectivity index (χ1n) is 6.57. The van der Waals surface area contributed by atoms with Crippen molar-refractivity contribution in [1.82, 2.24) is 4.57 Å². The number of rotatable bonds is 6. The van der Waals surface area contributed by atoms with E-state index in [2.05, 4.69) is 4.57 Å². The Kier molecular flexibility index (Phi) is 4.85. The number of halogens is 1. The minimum absolute atomic E-state index is 0.0187. The first-order chi connectivity index (χ1) is 9.63. The Morgan fingerprint density at radius 1 is 1.25 bits per heavy atom. The van der Waals surface area contributed by atoms with Gasteiger partial charge in [-0.2, -0.15) is 0 Å². The largest absolute Gasteiger partial charge is 0.492 e. The predicted octanol–water partition coefficient (Wildman–Crippen LogP) is 3.61. The number of carbonyl (C=O) groups is 1. The van der Waals surface area contributed by atoms with Gasteiger partial charge in [-0.05, 0) is 32.0 Å². The minimum Gasteiger partial charge on any atom is -0.492 e. The van der Waals surface area contributed by atoms with E-state index in [1.54, 1.807) is 0 Å². The minimum atomic E-state index is -0.0324. The van der Waals surface area contributed by atoms with Gasteiger partial charge in [0.15, 0.2) is 5.78 Å². The number of nitrogens with zero attached hydrogens (tertiary/aromatic N) is 1. The van der Waals surface area contributed by atoms with Crippen molar-refractivity contribution in [3.05, 3.63) is 53.3 Å². The third-order valence-corrected chi connectivity index (χ3v) is 3.56. The molecule has 20 heavy (non-hydrogen) atoms. The van der Waals surface area contributed by atoms with Gasteiger partial charge >= 0.3 is 0 Å². The summed E-state index contributed by atoms with van der Waals surface area (Å²) < 4.78 is 7.77. The van der Waals surface area contributed by atoms with Crippen LogP contribution in [0.4, 0.5) is 0 Å². The molecule has 0 N–H and O–H groups in total. The quantitative estimate of drug-likeness (QED) is 0.601. The normalized spacial score (nSPS) is 10.6. The number of aromatic nitrogens is 1. The summed E-state index contributed by atoms with van der Waals surface area (Å²) in [6.07, 6.45) is 0. The summed E-state index contributed by atoms with van der Waals surface area (Å²) in [7, 11) is 0. The van der Waals surface area contributed by atoms with Gasteiger partial charge in [0.05, 0.1) is 12.4 Å². The molecule has 0 bridgehead atoms. The lowest BCUT2D eigenvalue weighted by Crippen LogP contribution is -2.11. The summed E-state index contributed by atoms with van der Waals surface area (Å²) in [6, 6.07) is 11.6. The second-order valence-electron chi connectivity index (χ2n) is 4.65. The zero-order chi connectivity index (χ0) is 14.5. The highest BCUT2D eigenvalue weighted by molar-refractivity contribution is 6.30. The zero-order valence-corrected chi connectivity index (χ0v) is 12.5. The number of alkyl halides is 1. The molecule has 0 aliphatic carbocycles. The molecule has 0 fully saturated rings. The first-order valence-corrected chi connectivity index (χ1v) is 7.10.